The summed E-state index contributed by atoms with van der Waals surface area (Å²) >= 11 is 0. The molecule has 0 aliphatic heterocycles. The number of hydrogen-bond donors (Lipinski definition) is 0. The van der Waals surface area contributed by atoms with E-state index in [9.17, 15) is 0 Å². The largest absolute Gasteiger partial charge is 0.524 e. The molecule has 0 spiro atoms. The van der Waals surface area contributed by atoms with Gasteiger partial charge in [0.05, 0.1) is 0 Å². The van der Waals surface area contributed by atoms with E-state index in [2.05, 4.69) is 482 Å². The zero-order valence-corrected chi connectivity index (χ0v) is 168. The molecule has 59 atom stereocenters. The van der Waals surface area contributed by atoms with Gasteiger partial charge >= 0.3 is 0 Å². The fourth-order valence-corrected chi connectivity index (χ4v) is 1640. The second kappa shape index (κ2) is 85.7. The summed E-state index contributed by atoms with van der Waals surface area (Å²) in [5, 5.41) is 0. The molecule has 656 valence electrons. The zero-order valence-electron chi connectivity index (χ0n) is 55.9. The zero-order chi connectivity index (χ0) is 86.3. The molecule has 0 aromatic heterocycles. The van der Waals surface area contributed by atoms with Gasteiger partial charge in [0, 0.05) is 0 Å². The molecule has 0 heterocycles. The van der Waals surface area contributed by atoms with Crippen LogP contribution in [0.15, 0.2) is 0 Å². The van der Waals surface area contributed by atoms with Crippen LogP contribution in [0.2, 0.25) is 0 Å². The van der Waals surface area contributed by atoms with Gasteiger partial charge in [0.25, 0.3) is 0 Å². The maximum absolute atomic E-state index is 4.98. The second-order valence-electron chi connectivity index (χ2n) is 17.4. The van der Waals surface area contributed by atoms with Gasteiger partial charge in [-0.25, -0.2) is 0 Å². The van der Waals surface area contributed by atoms with Crippen molar-refractivity contribution in [3.63, 3.8) is 0 Å². The number of hydrogen-bond acceptors (Lipinski definition) is 0. The molecule has 0 aromatic rings. The fraction of sp³-hybridized carbons (Fsp3) is 0. The molecule has 109 heavy (non-hydrogen) atoms. The lowest BCUT2D eigenvalue weighted by atomic mass is 28.3. The van der Waals surface area contributed by atoms with Gasteiger partial charge in [0.15, 0.2) is 0 Å². The van der Waals surface area contributed by atoms with Crippen molar-refractivity contribution in [3.8, 4) is 0 Å². The van der Waals surface area contributed by atoms with E-state index in [1.54, 1.807) is 0 Å². The van der Waals surface area contributed by atoms with E-state index in [0.717, 1.165) is 7.96 Å². The average molecular weight is 3490 g/mol. The molecule has 0 N–H and O–H groups in total. The average Bonchev–Trinajstić information content (AvgIpc) is 0.705. The van der Waals surface area contributed by atoms with Gasteiger partial charge in [-0.2, -0.15) is 0 Å². The Morgan fingerprint density at radius 1 is 0.0917 bits per heavy atom. The van der Waals surface area contributed by atoms with E-state index in [1.807, 2.05) is 0 Å². The van der Waals surface area contributed by atoms with Crippen LogP contribution in [0, 0.1) is 0 Å². The van der Waals surface area contributed by atoms with Crippen molar-refractivity contribution in [2.45, 2.75) is 0 Å². The third-order valence-corrected chi connectivity index (χ3v) is 786. The van der Waals surface area contributed by atoms with Crippen LogP contribution >= 0.6 is 869 Å². The first-order valence-corrected chi connectivity index (χ1v) is 223. The summed E-state index contributed by atoms with van der Waals surface area (Å²) in [6.45, 7) is -26.5. The highest BCUT2D eigenvalue weighted by Crippen LogP contribution is 3.56. The van der Waals surface area contributed by atoms with Crippen LogP contribution in [0.25, 0.3) is 0 Å². The smallest absolute Gasteiger partial charge is 0.000000214 e. The molecule has 0 aromatic carbocycles. The third kappa shape index (κ3) is 54.9. The fourth-order valence-electron chi connectivity index (χ4n) is 6.73. The first kappa shape index (κ1) is 156. The van der Waals surface area contributed by atoms with Crippen LogP contribution in [-0.4, -0.2) is 0 Å². The molecular weight excluding hydrogens is 3380 g/mol. The standard InChI is InChI=1S/H110P109/c1-56-84(57(2)3)98(85(58(4)5)59(6)7)105(99(86(60(8)9)61(10)11)87(62(12)13)63(14)15)108(104(96(80(48)49)81(50)51)97(82(52)53)83(54)55)109(106(100(88(64(16)17)65(18)19)89(66(20)21)67(22)23)101(90(68(24)25)69(26)27)91(70(28)29)71(30)31)107(102(92(72(32)33)73(34)35)93(74(36)37)75(38)39)103(94(76(40)41)77(42)43)95(78(44)45)79(46)47/h1,56H,2-55H2/q-1. The summed E-state index contributed by atoms with van der Waals surface area (Å²) < 4.78 is 0. The maximum Gasteiger partial charge on any atom is -0.000000214 e. The summed E-state index contributed by atoms with van der Waals surface area (Å²) in [6, 6.07) is 0. The molecular formula is H110P109-. The molecule has 0 aliphatic rings. The monoisotopic (exact) mass is 3490 g/mol. The Hall–Kier alpha value is 46.9. The van der Waals surface area contributed by atoms with Crippen LogP contribution in [0.3, 0.4) is 0 Å². The summed E-state index contributed by atoms with van der Waals surface area (Å²) in [6.07, 6.45) is 0. The van der Waals surface area contributed by atoms with E-state index in [1.165, 1.54) is 0 Å². The van der Waals surface area contributed by atoms with Gasteiger partial charge in [-0.1, -0.05) is 0 Å². The van der Waals surface area contributed by atoms with Crippen molar-refractivity contribution in [1.29, 1.82) is 0 Å². The normalized spacial score (nSPS) is 15.9. The van der Waals surface area contributed by atoms with Gasteiger partial charge in [-0.15, -0.1) is 482 Å². The highest BCUT2D eigenvalue weighted by molar-refractivity contribution is 9.61. The SMILES string of the molecule is [PH-]PP(P(P)P)P(P(P(P)P)P(P)P)P(P(P(P(P)P)P(P)P)P(P(P)P)P(P)P)P(P(P(P(P)P)P(P)P)P(P(P)P)P(P)P)P(P(P(P(P(P)P)P(P)P)P(P(P)P)P(P)P)P(P(P(P)P)P(P)P)P(P(P)P)P(P)P)P(P(P(P(P)P)P(P)P)P(P(P)P)P(P)P)P(P(P(P)P)P(P)P)P(P(P)P)P(P)P. The highest BCUT2D eigenvalue weighted by atomic mass is 33.7. The Labute approximate surface area is 855 Å². The van der Waals surface area contributed by atoms with Crippen LogP contribution in [0.1, 0.15) is 0 Å². The lowest BCUT2D eigenvalue weighted by Crippen LogP contribution is -1.78. The second-order valence-corrected chi connectivity index (χ2v) is 469. The quantitative estimate of drug-likeness (QED) is 0.0533. The summed E-state index contributed by atoms with van der Waals surface area (Å²) in [5.74, 6) is 0. The molecule has 59 unspecified atom stereocenters. The minimum atomic E-state index is -0.728. The molecule has 0 amide bonds. The molecule has 0 bridgehead atoms. The lowest BCUT2D eigenvalue weighted by Gasteiger charge is -2.65. The van der Waals surface area contributed by atoms with Crippen molar-refractivity contribution < 1.29 is 0 Å². The molecule has 0 nitrogen and oxygen atoms in total. The molecule has 0 saturated carbocycles. The van der Waals surface area contributed by atoms with Crippen molar-refractivity contribution in [3.05, 3.63) is 0 Å². The van der Waals surface area contributed by atoms with Crippen molar-refractivity contribution in [2.24, 2.45) is 0 Å². The Morgan fingerprint density at radius 3 is 0.220 bits per heavy atom. The van der Waals surface area contributed by atoms with E-state index in [-0.39, 0.29) is 0 Å². The van der Waals surface area contributed by atoms with Gasteiger partial charge < -0.3 is 8.93 Å². The molecule has 0 aliphatic carbocycles. The van der Waals surface area contributed by atoms with Gasteiger partial charge in [0.2, 0.25) is 0 Å². The van der Waals surface area contributed by atoms with Gasteiger partial charge in [-0.3, -0.25) is 7.96 Å². The Bertz CT molecular complexity index is 1890. The minimum absolute atomic E-state index is 0.440. The molecule has 109 heteroatoms. The lowest BCUT2D eigenvalue weighted by molar-refractivity contribution is 4.28. The third-order valence-electron chi connectivity index (χ3n) is 9.70. The van der Waals surface area contributed by atoms with Crippen LogP contribution < -0.4 is 0 Å². The van der Waals surface area contributed by atoms with Crippen molar-refractivity contribution >= 4 is 869 Å². The Morgan fingerprint density at radius 2 is 0.156 bits per heavy atom. The molecule has 0 fully saturated rings. The first-order chi connectivity index (χ1) is 49.6. The first-order valence-electron chi connectivity index (χ1n) is 24.8. The maximum atomic E-state index is 4.98. The molecule has 0 radical (unpaired) electrons. The van der Waals surface area contributed by atoms with Crippen LogP contribution in [0.5, 0.6) is 0 Å². The van der Waals surface area contributed by atoms with Crippen LogP contribution in [-0.2, 0) is 0 Å². The van der Waals surface area contributed by atoms with E-state index < -0.39 is 370 Å². The van der Waals surface area contributed by atoms with Gasteiger partial charge in [0.1, 0.15) is 0 Å². The molecule has 0 rings (SSSR count). The Balaban J connectivity index is 15.5. The van der Waals surface area contributed by atoms with Crippen LogP contribution in [0.4, 0.5) is 0 Å². The highest BCUT2D eigenvalue weighted by Gasteiger charge is 2.68. The summed E-state index contributed by atoms with van der Waals surface area (Å²) in [4.78, 5) is 0. The summed E-state index contributed by atoms with van der Waals surface area (Å²) in [7, 11) is 214. The topological polar surface area (TPSA) is 0 Å². The van der Waals surface area contributed by atoms with E-state index in [4.69, 9.17) is 8.93 Å². The van der Waals surface area contributed by atoms with Crippen molar-refractivity contribution in [1.82, 2.24) is 0 Å². The predicted octanol–water partition coefficient (Wildman–Crippen LogP) is 64.4. The van der Waals surface area contributed by atoms with E-state index in [0.29, 0.717) is 0 Å². The Kier molecular flexibility index (Phi) is 123. The number of rotatable bonds is 53. The summed E-state index contributed by atoms with van der Waals surface area (Å²) in [5.41, 5.74) is 0. The molecule has 0 saturated heterocycles. The van der Waals surface area contributed by atoms with E-state index >= 15 is 0 Å². The predicted molar refractivity (Wildman–Crippen MR) is 908 cm³/mol. The van der Waals surface area contributed by atoms with Gasteiger partial charge in [-0.05, 0) is 370 Å². The van der Waals surface area contributed by atoms with Crippen molar-refractivity contribution in [2.75, 3.05) is 0 Å². The minimum Gasteiger partial charge on any atom is -0.524 e.